The van der Waals surface area contributed by atoms with Crippen molar-refractivity contribution in [3.8, 4) is 0 Å². The van der Waals surface area contributed by atoms with Crippen LogP contribution >= 0.6 is 0 Å². The van der Waals surface area contributed by atoms with Crippen molar-refractivity contribution in [2.45, 2.75) is 26.1 Å². The predicted octanol–water partition coefficient (Wildman–Crippen LogP) is -0.458. The Hall–Kier alpha value is 0.832. The maximum atomic E-state index is 10.7. The van der Waals surface area contributed by atoms with Gasteiger partial charge in [0.15, 0.2) is 0 Å². The second kappa shape index (κ2) is 4.01. The third-order valence-corrected chi connectivity index (χ3v) is 1.45. The summed E-state index contributed by atoms with van der Waals surface area (Å²) < 4.78 is 0. The first-order valence-electron chi connectivity index (χ1n) is 2.91. The van der Waals surface area contributed by atoms with Crippen LogP contribution in [-0.2, 0) is 4.79 Å². The molecule has 55 valence electrons. The number of nitrogens with one attached hydrogen (secondary N) is 1. The molecule has 1 aliphatic rings. The zero-order valence-corrected chi connectivity index (χ0v) is 10.8. The average molecular weight is 357 g/mol. The number of carbonyl (C=O) groups excluding carboxylic acids is 1. The summed E-state index contributed by atoms with van der Waals surface area (Å²) in [6.45, 7) is 3.44. The van der Waals surface area contributed by atoms with E-state index in [0.717, 1.165) is 0 Å². The topological polar surface area (TPSA) is 52.6 Å². The molecule has 1 rings (SSSR count). The minimum atomic E-state index is -0.262. The van der Waals surface area contributed by atoms with Crippen LogP contribution in [0.5, 0.6) is 0 Å². The molecule has 5 heteroatoms. The van der Waals surface area contributed by atoms with Crippen molar-refractivity contribution < 1.29 is 54.1 Å². The standard InChI is InChI=1S/C5H10N2O2.Ac/c1-3-5(8)7(9)4(2)6-3;/h3-4,6,9H,1-2H3;. The number of hydroxylamine groups is 2. The molecule has 0 saturated carbocycles. The molecule has 0 aromatic heterocycles. The van der Waals surface area contributed by atoms with Gasteiger partial charge in [-0.15, -0.1) is 0 Å². The van der Waals surface area contributed by atoms with E-state index in [-0.39, 0.29) is 62.2 Å². The third-order valence-electron chi connectivity index (χ3n) is 1.45. The number of amides is 1. The summed E-state index contributed by atoms with van der Waals surface area (Å²) in [6.07, 6.45) is -0.243. The fourth-order valence-electron chi connectivity index (χ4n) is 0.893. The van der Waals surface area contributed by atoms with Crippen LogP contribution in [0.2, 0.25) is 0 Å². The van der Waals surface area contributed by atoms with Crippen LogP contribution in [-0.4, -0.2) is 28.4 Å². The van der Waals surface area contributed by atoms with Gasteiger partial charge < -0.3 is 0 Å². The first kappa shape index (κ1) is 10.8. The summed E-state index contributed by atoms with van der Waals surface area (Å²) in [7, 11) is 0. The first-order valence-corrected chi connectivity index (χ1v) is 2.91. The molecule has 2 unspecified atom stereocenters. The molecule has 1 fully saturated rings. The van der Waals surface area contributed by atoms with Crippen molar-refractivity contribution in [2.24, 2.45) is 0 Å². The number of hydrogen-bond acceptors (Lipinski definition) is 3. The summed E-state index contributed by atoms with van der Waals surface area (Å²) >= 11 is 0. The van der Waals surface area contributed by atoms with Crippen LogP contribution in [0.15, 0.2) is 0 Å². The fourth-order valence-corrected chi connectivity index (χ4v) is 0.893. The molecule has 0 bridgehead atoms. The molecular weight excluding hydrogens is 347 g/mol. The fraction of sp³-hybridized carbons (Fsp3) is 0.800. The SMILES string of the molecule is CC1NC(C)N(O)C1=O.[Ac]. The minimum absolute atomic E-state index is 0. The molecule has 1 amide bonds. The summed E-state index contributed by atoms with van der Waals surface area (Å²) in [4.78, 5) is 10.7. The second-order valence-electron chi connectivity index (χ2n) is 2.25. The van der Waals surface area contributed by atoms with Crippen LogP contribution in [0.1, 0.15) is 13.8 Å². The Bertz CT molecular complexity index is 142. The van der Waals surface area contributed by atoms with Gasteiger partial charge in [-0.1, -0.05) is 0 Å². The second-order valence-corrected chi connectivity index (χ2v) is 2.25. The van der Waals surface area contributed by atoms with Crippen molar-refractivity contribution in [1.82, 2.24) is 10.4 Å². The Kier molecular flexibility index (Phi) is 4.34. The minimum Gasteiger partial charge on any atom is -0.284 e. The van der Waals surface area contributed by atoms with Crippen molar-refractivity contribution in [3.63, 3.8) is 0 Å². The van der Waals surface area contributed by atoms with Gasteiger partial charge >= 0.3 is 0 Å². The maximum Gasteiger partial charge on any atom is 0.264 e. The van der Waals surface area contributed by atoms with E-state index in [1.807, 2.05) is 0 Å². The van der Waals surface area contributed by atoms with E-state index in [9.17, 15) is 4.79 Å². The smallest absolute Gasteiger partial charge is 0.264 e. The van der Waals surface area contributed by atoms with Gasteiger partial charge in [0, 0.05) is 44.1 Å². The van der Waals surface area contributed by atoms with Crippen molar-refractivity contribution in [2.75, 3.05) is 0 Å². The zero-order valence-electron chi connectivity index (χ0n) is 6.03. The molecule has 0 spiro atoms. The first-order chi connectivity index (χ1) is 4.13. The van der Waals surface area contributed by atoms with E-state index < -0.39 is 0 Å². The van der Waals surface area contributed by atoms with Crippen molar-refractivity contribution >= 4 is 5.91 Å². The van der Waals surface area contributed by atoms with Gasteiger partial charge in [0.1, 0.15) is 6.17 Å². The number of hydrogen-bond donors (Lipinski definition) is 2. The molecular formula is C5H10AcN2O2. The van der Waals surface area contributed by atoms with Gasteiger partial charge in [0.2, 0.25) is 0 Å². The molecule has 0 aliphatic carbocycles. The molecule has 1 aliphatic heterocycles. The van der Waals surface area contributed by atoms with E-state index in [1.54, 1.807) is 13.8 Å². The molecule has 1 radical (unpaired) electrons. The molecule has 0 aromatic rings. The Morgan fingerprint density at radius 3 is 2.20 bits per heavy atom. The van der Waals surface area contributed by atoms with Crippen molar-refractivity contribution in [1.29, 1.82) is 0 Å². The summed E-state index contributed by atoms with van der Waals surface area (Å²) in [5.41, 5.74) is 0. The van der Waals surface area contributed by atoms with Gasteiger partial charge in [-0.2, -0.15) is 0 Å². The Morgan fingerprint density at radius 2 is 2.10 bits per heavy atom. The van der Waals surface area contributed by atoms with Crippen LogP contribution in [0.25, 0.3) is 0 Å². The average Bonchev–Trinajstić information content (AvgIpc) is 1.98. The van der Waals surface area contributed by atoms with E-state index in [0.29, 0.717) is 5.06 Å². The summed E-state index contributed by atoms with van der Waals surface area (Å²) in [6, 6.07) is -0.245. The molecule has 1 heterocycles. The van der Waals surface area contributed by atoms with Gasteiger partial charge in [0.05, 0.1) is 6.04 Å². The number of carbonyl (C=O) groups is 1. The van der Waals surface area contributed by atoms with E-state index in [2.05, 4.69) is 5.32 Å². The molecule has 10 heavy (non-hydrogen) atoms. The molecule has 1 saturated heterocycles. The Morgan fingerprint density at radius 1 is 1.60 bits per heavy atom. The summed E-state index contributed by atoms with van der Waals surface area (Å²) in [5, 5.41) is 12.4. The van der Waals surface area contributed by atoms with E-state index in [4.69, 9.17) is 5.21 Å². The molecule has 2 atom stereocenters. The van der Waals surface area contributed by atoms with Gasteiger partial charge in [0.25, 0.3) is 5.91 Å². The Labute approximate surface area is 95.5 Å². The van der Waals surface area contributed by atoms with Crippen LogP contribution in [0, 0.1) is 44.1 Å². The number of rotatable bonds is 0. The maximum absolute atomic E-state index is 10.7. The largest absolute Gasteiger partial charge is 0.284 e. The molecule has 4 nitrogen and oxygen atoms in total. The predicted molar refractivity (Wildman–Crippen MR) is 30.7 cm³/mol. The Balaban J connectivity index is 0.000000810. The van der Waals surface area contributed by atoms with Crippen LogP contribution < -0.4 is 5.32 Å². The summed E-state index contributed by atoms with van der Waals surface area (Å²) in [5.74, 6) is -0.262. The van der Waals surface area contributed by atoms with E-state index >= 15 is 0 Å². The van der Waals surface area contributed by atoms with E-state index in [1.165, 1.54) is 0 Å². The third kappa shape index (κ3) is 1.91. The quantitative estimate of drug-likeness (QED) is 0.577. The van der Waals surface area contributed by atoms with Crippen LogP contribution in [0.4, 0.5) is 0 Å². The molecule has 2 N–H and O–H groups in total. The normalized spacial score (nSPS) is 32.3. The van der Waals surface area contributed by atoms with Gasteiger partial charge in [-0.3, -0.25) is 15.3 Å². The van der Waals surface area contributed by atoms with Crippen molar-refractivity contribution in [3.05, 3.63) is 0 Å². The van der Waals surface area contributed by atoms with Gasteiger partial charge in [-0.05, 0) is 13.8 Å². The zero-order chi connectivity index (χ0) is 7.02. The molecule has 0 aromatic carbocycles. The monoisotopic (exact) mass is 357 g/mol. The van der Waals surface area contributed by atoms with Crippen LogP contribution in [0.3, 0.4) is 0 Å². The van der Waals surface area contributed by atoms with Gasteiger partial charge in [-0.25, -0.2) is 5.06 Å². The number of nitrogens with zero attached hydrogens (tertiary/aromatic N) is 1.